The van der Waals surface area contributed by atoms with Crippen LogP contribution >= 0.6 is 0 Å². The van der Waals surface area contributed by atoms with Gasteiger partial charge in [-0.1, -0.05) is 18.1 Å². The van der Waals surface area contributed by atoms with Gasteiger partial charge >= 0.3 is 0 Å². The number of aryl methyl sites for hydroxylation is 2. The number of benzene rings is 1. The lowest BCUT2D eigenvalue weighted by atomic mass is 10.1. The highest BCUT2D eigenvalue weighted by atomic mass is 16.5. The molecule has 27 heavy (non-hydrogen) atoms. The van der Waals surface area contributed by atoms with Crippen LogP contribution in [-0.4, -0.2) is 67.3 Å². The fraction of sp³-hybridized carbons (Fsp3) is 0.500. The highest BCUT2D eigenvalue weighted by Gasteiger charge is 2.27. The van der Waals surface area contributed by atoms with E-state index in [0.29, 0.717) is 37.4 Å². The first-order valence-corrected chi connectivity index (χ1v) is 9.36. The molecule has 0 radical (unpaired) electrons. The first kappa shape index (κ1) is 19.2. The second-order valence-electron chi connectivity index (χ2n) is 6.58. The number of aromatic nitrogens is 1. The highest BCUT2D eigenvalue weighted by Crippen LogP contribution is 2.19. The third-order valence-corrected chi connectivity index (χ3v) is 4.86. The first-order valence-electron chi connectivity index (χ1n) is 9.36. The molecule has 1 aliphatic rings. The van der Waals surface area contributed by atoms with E-state index in [1.54, 1.807) is 14.0 Å². The van der Waals surface area contributed by atoms with E-state index in [1.165, 1.54) is 0 Å². The van der Waals surface area contributed by atoms with Gasteiger partial charge in [-0.15, -0.1) is 0 Å². The summed E-state index contributed by atoms with van der Waals surface area (Å²) in [4.78, 5) is 17.0. The van der Waals surface area contributed by atoms with E-state index in [-0.39, 0.29) is 5.91 Å². The predicted octanol–water partition coefficient (Wildman–Crippen LogP) is 2.39. The SMILES string of the molecule is CCc1noc(C)c1C(=O)N1CCN(CCOc2cccc(OC)c2)CC1. The van der Waals surface area contributed by atoms with Crippen molar-refractivity contribution in [1.29, 1.82) is 0 Å². The predicted molar refractivity (Wildman–Crippen MR) is 101 cm³/mol. The van der Waals surface area contributed by atoms with Crippen molar-refractivity contribution in [3.63, 3.8) is 0 Å². The van der Waals surface area contributed by atoms with Gasteiger partial charge in [0.2, 0.25) is 0 Å². The highest BCUT2D eigenvalue weighted by molar-refractivity contribution is 5.96. The van der Waals surface area contributed by atoms with Crippen molar-refractivity contribution in [1.82, 2.24) is 15.0 Å². The Morgan fingerprint density at radius 3 is 2.67 bits per heavy atom. The van der Waals surface area contributed by atoms with Crippen LogP contribution in [0.15, 0.2) is 28.8 Å². The van der Waals surface area contributed by atoms with Gasteiger partial charge in [-0.25, -0.2) is 0 Å². The molecule has 1 saturated heterocycles. The van der Waals surface area contributed by atoms with E-state index in [4.69, 9.17) is 14.0 Å². The molecule has 2 aromatic rings. The molecule has 0 bridgehead atoms. The molecule has 0 unspecified atom stereocenters. The van der Waals surface area contributed by atoms with Crippen LogP contribution in [0.3, 0.4) is 0 Å². The number of carbonyl (C=O) groups excluding carboxylic acids is 1. The molecule has 3 rings (SSSR count). The van der Waals surface area contributed by atoms with Crippen LogP contribution in [-0.2, 0) is 6.42 Å². The van der Waals surface area contributed by atoms with E-state index in [1.807, 2.05) is 36.1 Å². The Labute approximate surface area is 159 Å². The molecule has 0 saturated carbocycles. The Balaban J connectivity index is 1.46. The summed E-state index contributed by atoms with van der Waals surface area (Å²) >= 11 is 0. The van der Waals surface area contributed by atoms with Crippen LogP contribution in [0.1, 0.15) is 28.7 Å². The molecule has 7 nitrogen and oxygen atoms in total. The number of carbonyl (C=O) groups is 1. The van der Waals surface area contributed by atoms with Gasteiger partial charge in [-0.05, 0) is 25.5 Å². The zero-order valence-corrected chi connectivity index (χ0v) is 16.2. The van der Waals surface area contributed by atoms with Crippen LogP contribution in [0.25, 0.3) is 0 Å². The molecule has 1 aromatic heterocycles. The number of methoxy groups -OCH3 is 1. The van der Waals surface area contributed by atoms with Gasteiger partial charge < -0.3 is 18.9 Å². The summed E-state index contributed by atoms with van der Waals surface area (Å²) in [6.07, 6.45) is 0.694. The van der Waals surface area contributed by atoms with Crippen molar-refractivity contribution in [2.45, 2.75) is 20.3 Å². The number of rotatable bonds is 7. The van der Waals surface area contributed by atoms with Crippen LogP contribution in [0.2, 0.25) is 0 Å². The quantitative estimate of drug-likeness (QED) is 0.742. The number of ether oxygens (including phenoxy) is 2. The second kappa shape index (κ2) is 8.90. The standard InChI is InChI=1S/C20H27N3O4/c1-4-18-19(15(2)27-21-18)20(24)23-10-8-22(9-11-23)12-13-26-17-7-5-6-16(14-17)25-3/h5-7,14H,4,8-13H2,1-3H3. The molecule has 2 heterocycles. The van der Waals surface area contributed by atoms with Gasteiger partial charge in [-0.2, -0.15) is 0 Å². The van der Waals surface area contributed by atoms with E-state index in [9.17, 15) is 4.79 Å². The summed E-state index contributed by atoms with van der Waals surface area (Å²) in [5.41, 5.74) is 1.37. The average molecular weight is 373 g/mol. The lowest BCUT2D eigenvalue weighted by Gasteiger charge is -2.34. The molecule has 1 aromatic carbocycles. The smallest absolute Gasteiger partial charge is 0.259 e. The lowest BCUT2D eigenvalue weighted by Crippen LogP contribution is -2.49. The first-order chi connectivity index (χ1) is 13.1. The maximum absolute atomic E-state index is 12.8. The molecule has 1 fully saturated rings. The van der Waals surface area contributed by atoms with Crippen molar-refractivity contribution >= 4 is 5.91 Å². The maximum atomic E-state index is 12.8. The second-order valence-corrected chi connectivity index (χ2v) is 6.58. The van der Waals surface area contributed by atoms with E-state index in [0.717, 1.165) is 36.8 Å². The number of amides is 1. The molecular weight excluding hydrogens is 346 g/mol. The van der Waals surface area contributed by atoms with Crippen molar-refractivity contribution in [3.05, 3.63) is 41.3 Å². The zero-order valence-electron chi connectivity index (χ0n) is 16.2. The fourth-order valence-corrected chi connectivity index (χ4v) is 3.25. The van der Waals surface area contributed by atoms with Gasteiger partial charge in [0.05, 0.1) is 12.8 Å². The van der Waals surface area contributed by atoms with Gasteiger partial charge in [0.25, 0.3) is 5.91 Å². The Morgan fingerprint density at radius 2 is 1.96 bits per heavy atom. The minimum Gasteiger partial charge on any atom is -0.497 e. The van der Waals surface area contributed by atoms with E-state index in [2.05, 4.69) is 10.1 Å². The summed E-state index contributed by atoms with van der Waals surface area (Å²) < 4.78 is 16.2. The molecule has 1 amide bonds. The van der Waals surface area contributed by atoms with E-state index < -0.39 is 0 Å². The van der Waals surface area contributed by atoms with Crippen LogP contribution in [0, 0.1) is 6.92 Å². The largest absolute Gasteiger partial charge is 0.497 e. The molecule has 0 atom stereocenters. The normalized spacial score (nSPS) is 15.0. The van der Waals surface area contributed by atoms with Crippen LogP contribution in [0.5, 0.6) is 11.5 Å². The Hall–Kier alpha value is -2.54. The van der Waals surface area contributed by atoms with Gasteiger partial charge in [0.1, 0.15) is 29.4 Å². The summed E-state index contributed by atoms with van der Waals surface area (Å²) in [5.74, 6) is 2.22. The minimum absolute atomic E-state index is 0.0258. The molecule has 0 N–H and O–H groups in total. The summed E-state index contributed by atoms with van der Waals surface area (Å²) in [6, 6.07) is 7.61. The van der Waals surface area contributed by atoms with Crippen molar-refractivity contribution in [2.75, 3.05) is 46.4 Å². The Kier molecular flexibility index (Phi) is 6.34. The third kappa shape index (κ3) is 4.60. The average Bonchev–Trinajstić information content (AvgIpc) is 3.08. The van der Waals surface area contributed by atoms with Crippen molar-refractivity contribution < 1.29 is 18.8 Å². The third-order valence-electron chi connectivity index (χ3n) is 4.86. The Morgan fingerprint density at radius 1 is 1.22 bits per heavy atom. The minimum atomic E-state index is 0.0258. The van der Waals surface area contributed by atoms with Gasteiger partial charge in [0.15, 0.2) is 0 Å². The summed E-state index contributed by atoms with van der Waals surface area (Å²) in [6.45, 7) is 8.27. The van der Waals surface area contributed by atoms with Crippen molar-refractivity contribution in [2.24, 2.45) is 0 Å². The number of piperazine rings is 1. The van der Waals surface area contributed by atoms with E-state index >= 15 is 0 Å². The van der Waals surface area contributed by atoms with Gasteiger partial charge in [0, 0.05) is 38.8 Å². The monoisotopic (exact) mass is 373 g/mol. The van der Waals surface area contributed by atoms with Gasteiger partial charge in [-0.3, -0.25) is 9.69 Å². The fourth-order valence-electron chi connectivity index (χ4n) is 3.25. The summed E-state index contributed by atoms with van der Waals surface area (Å²) in [5, 5.41) is 3.99. The number of hydrogen-bond donors (Lipinski definition) is 0. The molecule has 0 aliphatic carbocycles. The summed E-state index contributed by atoms with van der Waals surface area (Å²) in [7, 11) is 1.64. The lowest BCUT2D eigenvalue weighted by molar-refractivity contribution is 0.0617. The Bertz CT molecular complexity index is 766. The number of hydrogen-bond acceptors (Lipinski definition) is 6. The number of nitrogens with zero attached hydrogens (tertiary/aromatic N) is 3. The zero-order chi connectivity index (χ0) is 19.2. The molecular formula is C20H27N3O4. The van der Waals surface area contributed by atoms with Crippen molar-refractivity contribution in [3.8, 4) is 11.5 Å². The molecule has 1 aliphatic heterocycles. The topological polar surface area (TPSA) is 68.0 Å². The van der Waals surface area contributed by atoms with Crippen LogP contribution < -0.4 is 9.47 Å². The maximum Gasteiger partial charge on any atom is 0.259 e. The molecule has 0 spiro atoms. The molecule has 146 valence electrons. The van der Waals surface area contributed by atoms with Crippen LogP contribution in [0.4, 0.5) is 0 Å². The molecule has 7 heteroatoms.